The van der Waals surface area contributed by atoms with Crippen LogP contribution in [0.2, 0.25) is 0 Å². The van der Waals surface area contributed by atoms with Crippen molar-refractivity contribution in [1.82, 2.24) is 10.1 Å². The van der Waals surface area contributed by atoms with E-state index < -0.39 is 10.8 Å². The van der Waals surface area contributed by atoms with Gasteiger partial charge < -0.3 is 8.94 Å². The summed E-state index contributed by atoms with van der Waals surface area (Å²) in [6.07, 6.45) is 4.45. The minimum absolute atomic E-state index is 0.236. The second-order valence-electron chi connectivity index (χ2n) is 4.04. The van der Waals surface area contributed by atoms with Gasteiger partial charge in [0.05, 0.1) is 22.0 Å². The standard InChI is InChI=1S/C12H16N2O3S/c1-3-4-5-11-13-12(17-14-11)8-18(15)10-6-7-16-9(10)2/h6-7H,3-5,8H2,1-2H3/t18-/m1/s1. The van der Waals surface area contributed by atoms with Crippen molar-refractivity contribution in [3.05, 3.63) is 29.8 Å². The molecule has 6 heteroatoms. The maximum absolute atomic E-state index is 12.0. The first-order valence-electron chi connectivity index (χ1n) is 5.94. The van der Waals surface area contributed by atoms with Crippen LogP contribution in [0.1, 0.15) is 37.2 Å². The van der Waals surface area contributed by atoms with Crippen molar-refractivity contribution in [2.45, 2.75) is 43.8 Å². The lowest BCUT2D eigenvalue weighted by atomic mass is 10.2. The van der Waals surface area contributed by atoms with Crippen molar-refractivity contribution in [2.75, 3.05) is 0 Å². The molecule has 0 unspecified atom stereocenters. The summed E-state index contributed by atoms with van der Waals surface area (Å²) in [5.41, 5.74) is 0. The van der Waals surface area contributed by atoms with Crippen LogP contribution in [0.4, 0.5) is 0 Å². The fourth-order valence-corrected chi connectivity index (χ4v) is 2.66. The zero-order chi connectivity index (χ0) is 13.0. The maximum atomic E-state index is 12.0. The Morgan fingerprint density at radius 2 is 2.28 bits per heavy atom. The van der Waals surface area contributed by atoms with E-state index in [0.29, 0.717) is 22.4 Å². The van der Waals surface area contributed by atoms with Gasteiger partial charge in [-0.25, -0.2) is 0 Å². The fraction of sp³-hybridized carbons (Fsp3) is 0.500. The highest BCUT2D eigenvalue weighted by molar-refractivity contribution is 7.84. The highest BCUT2D eigenvalue weighted by Gasteiger charge is 2.14. The van der Waals surface area contributed by atoms with Crippen LogP contribution in [0.15, 0.2) is 26.2 Å². The van der Waals surface area contributed by atoms with Gasteiger partial charge in [0.2, 0.25) is 5.89 Å². The van der Waals surface area contributed by atoms with Gasteiger partial charge in [0, 0.05) is 6.42 Å². The van der Waals surface area contributed by atoms with Crippen molar-refractivity contribution in [3.8, 4) is 0 Å². The number of nitrogens with zero attached hydrogens (tertiary/aromatic N) is 2. The molecule has 0 N–H and O–H groups in total. The quantitative estimate of drug-likeness (QED) is 0.805. The van der Waals surface area contributed by atoms with Crippen LogP contribution in [-0.2, 0) is 23.0 Å². The van der Waals surface area contributed by atoms with Crippen LogP contribution < -0.4 is 0 Å². The van der Waals surface area contributed by atoms with E-state index in [1.165, 1.54) is 6.26 Å². The van der Waals surface area contributed by atoms with Crippen molar-refractivity contribution < 1.29 is 13.1 Å². The largest absolute Gasteiger partial charge is 0.468 e. The topological polar surface area (TPSA) is 69.1 Å². The van der Waals surface area contributed by atoms with Crippen LogP contribution in [0.3, 0.4) is 0 Å². The highest BCUT2D eigenvalue weighted by Crippen LogP contribution is 2.16. The average Bonchev–Trinajstić information content (AvgIpc) is 2.95. The van der Waals surface area contributed by atoms with Crippen molar-refractivity contribution in [3.63, 3.8) is 0 Å². The lowest BCUT2D eigenvalue weighted by Gasteiger charge is -1.95. The molecule has 0 amide bonds. The molecule has 0 aromatic carbocycles. The smallest absolute Gasteiger partial charge is 0.239 e. The second kappa shape index (κ2) is 5.95. The SMILES string of the molecule is CCCCc1noc(C[S@@](=O)c2ccoc2C)n1. The number of unbranched alkanes of at least 4 members (excludes halogenated alkanes) is 1. The highest BCUT2D eigenvalue weighted by atomic mass is 32.2. The molecule has 0 aliphatic heterocycles. The Bertz CT molecular complexity index is 533. The Morgan fingerprint density at radius 3 is 2.94 bits per heavy atom. The number of hydrogen-bond donors (Lipinski definition) is 0. The van der Waals surface area contributed by atoms with Gasteiger partial charge in [0.25, 0.3) is 0 Å². The summed E-state index contributed by atoms with van der Waals surface area (Å²) in [5.74, 6) is 2.01. The Hall–Kier alpha value is -1.43. The maximum Gasteiger partial charge on any atom is 0.239 e. The molecule has 2 heterocycles. The van der Waals surface area contributed by atoms with Crippen molar-refractivity contribution >= 4 is 10.8 Å². The summed E-state index contributed by atoms with van der Waals surface area (Å²) < 4.78 is 22.3. The van der Waals surface area contributed by atoms with E-state index >= 15 is 0 Å². The minimum Gasteiger partial charge on any atom is -0.468 e. The molecule has 2 aromatic heterocycles. The zero-order valence-electron chi connectivity index (χ0n) is 10.5. The van der Waals surface area contributed by atoms with Crippen LogP contribution in [0.5, 0.6) is 0 Å². The van der Waals surface area contributed by atoms with E-state index in [9.17, 15) is 4.21 Å². The van der Waals surface area contributed by atoms with E-state index in [4.69, 9.17) is 8.94 Å². The van der Waals surface area contributed by atoms with Crippen LogP contribution in [0.25, 0.3) is 0 Å². The molecule has 0 saturated heterocycles. The third-order valence-electron chi connectivity index (χ3n) is 2.58. The molecule has 0 aliphatic rings. The Morgan fingerprint density at radius 1 is 1.44 bits per heavy atom. The molecule has 0 spiro atoms. The molecule has 0 fully saturated rings. The number of furan rings is 1. The van der Waals surface area contributed by atoms with Gasteiger partial charge in [-0.05, 0) is 19.4 Å². The molecule has 98 valence electrons. The molecule has 0 bridgehead atoms. The monoisotopic (exact) mass is 268 g/mol. The number of hydrogen-bond acceptors (Lipinski definition) is 5. The zero-order valence-corrected chi connectivity index (χ0v) is 11.3. The van der Waals surface area contributed by atoms with Gasteiger partial charge in [0.15, 0.2) is 5.82 Å². The molecule has 5 nitrogen and oxygen atoms in total. The first kappa shape index (κ1) is 13.0. The fourth-order valence-electron chi connectivity index (χ4n) is 1.58. The minimum atomic E-state index is -1.20. The van der Waals surface area contributed by atoms with Crippen molar-refractivity contribution in [1.29, 1.82) is 0 Å². The molecule has 0 aliphatic carbocycles. The molecule has 2 aromatic rings. The van der Waals surface area contributed by atoms with Gasteiger partial charge in [-0.2, -0.15) is 4.98 Å². The van der Waals surface area contributed by atoms with Gasteiger partial charge in [0.1, 0.15) is 11.5 Å². The Balaban J connectivity index is 1.99. The van der Waals surface area contributed by atoms with Crippen molar-refractivity contribution in [2.24, 2.45) is 0 Å². The third-order valence-corrected chi connectivity index (χ3v) is 4.00. The molecule has 2 rings (SSSR count). The molecule has 0 radical (unpaired) electrons. The number of aromatic nitrogens is 2. The summed E-state index contributed by atoms with van der Waals surface area (Å²) in [6.45, 7) is 3.89. The summed E-state index contributed by atoms with van der Waals surface area (Å²) >= 11 is 0. The lowest BCUT2D eigenvalue weighted by molar-refractivity contribution is 0.383. The Labute approximate surface area is 108 Å². The first-order chi connectivity index (χ1) is 8.70. The molecule has 0 saturated carbocycles. The molecular formula is C12H16N2O3S. The van der Waals surface area contributed by atoms with E-state index in [-0.39, 0.29) is 5.75 Å². The van der Waals surface area contributed by atoms with Crippen LogP contribution in [0, 0.1) is 6.92 Å². The van der Waals surface area contributed by atoms with Gasteiger partial charge in [-0.3, -0.25) is 4.21 Å². The number of aryl methyl sites for hydroxylation is 2. The average molecular weight is 268 g/mol. The van der Waals surface area contributed by atoms with Crippen LogP contribution >= 0.6 is 0 Å². The molecular weight excluding hydrogens is 252 g/mol. The van der Waals surface area contributed by atoms with E-state index in [1.54, 1.807) is 13.0 Å². The van der Waals surface area contributed by atoms with Gasteiger partial charge >= 0.3 is 0 Å². The van der Waals surface area contributed by atoms with E-state index in [2.05, 4.69) is 17.1 Å². The third kappa shape index (κ3) is 3.07. The van der Waals surface area contributed by atoms with Gasteiger partial charge in [-0.15, -0.1) is 0 Å². The Kier molecular flexibility index (Phi) is 4.30. The molecule has 1 atom stereocenters. The van der Waals surface area contributed by atoms with Gasteiger partial charge in [-0.1, -0.05) is 18.5 Å². The van der Waals surface area contributed by atoms with E-state index in [0.717, 1.165) is 19.3 Å². The summed E-state index contributed by atoms with van der Waals surface area (Å²) in [5, 5.41) is 3.87. The summed E-state index contributed by atoms with van der Waals surface area (Å²) in [4.78, 5) is 4.91. The predicted molar refractivity (Wildman–Crippen MR) is 66.5 cm³/mol. The number of rotatable bonds is 6. The molecule has 18 heavy (non-hydrogen) atoms. The van der Waals surface area contributed by atoms with E-state index in [1.807, 2.05) is 0 Å². The first-order valence-corrected chi connectivity index (χ1v) is 7.26. The lowest BCUT2D eigenvalue weighted by Crippen LogP contribution is -1.97. The summed E-state index contributed by atoms with van der Waals surface area (Å²) in [7, 11) is -1.20. The van der Waals surface area contributed by atoms with Crippen LogP contribution in [-0.4, -0.2) is 14.3 Å². The second-order valence-corrected chi connectivity index (χ2v) is 5.46. The predicted octanol–water partition coefficient (Wildman–Crippen LogP) is 2.62. The summed E-state index contributed by atoms with van der Waals surface area (Å²) in [6, 6.07) is 1.71. The normalized spacial score (nSPS) is 12.8.